The summed E-state index contributed by atoms with van der Waals surface area (Å²) in [4.78, 5) is 29.8. The third-order valence-electron chi connectivity index (χ3n) is 8.70. The number of nitrogens with one attached hydrogen (secondary N) is 1. The number of aliphatic hydroxyl groups excluding tert-OH is 1. The molecule has 48 heavy (non-hydrogen) atoms. The van der Waals surface area contributed by atoms with Gasteiger partial charge in [0.05, 0.1) is 26.9 Å². The molecule has 0 spiro atoms. The summed E-state index contributed by atoms with van der Waals surface area (Å²) in [5.74, 6) is 0.658. The predicted molar refractivity (Wildman–Crippen MR) is 180 cm³/mol. The molecule has 1 aliphatic heterocycles. The molecule has 1 aliphatic rings. The summed E-state index contributed by atoms with van der Waals surface area (Å²) in [6.45, 7) is 1.80. The molecule has 0 bridgehead atoms. The van der Waals surface area contributed by atoms with E-state index in [1.54, 1.807) is 38.5 Å². The first-order valence-electron chi connectivity index (χ1n) is 15.6. The van der Waals surface area contributed by atoms with Gasteiger partial charge in [-0.15, -0.1) is 0 Å². The van der Waals surface area contributed by atoms with Crippen LogP contribution in [-0.4, -0.2) is 53.6 Å². The van der Waals surface area contributed by atoms with Crippen LogP contribution in [0.1, 0.15) is 40.2 Å². The number of nitrogens with zero attached hydrogens (tertiary/aromatic N) is 2. The van der Waals surface area contributed by atoms with E-state index >= 15 is 0 Å². The number of benzene rings is 4. The predicted octanol–water partition coefficient (Wildman–Crippen LogP) is 5.42. The zero-order valence-electron chi connectivity index (χ0n) is 26.9. The van der Waals surface area contributed by atoms with Gasteiger partial charge in [-0.2, -0.15) is 4.98 Å². The molecule has 0 radical (unpaired) electrons. The van der Waals surface area contributed by atoms with Gasteiger partial charge in [-0.25, -0.2) is 4.79 Å². The third kappa shape index (κ3) is 6.46. The number of anilines is 1. The van der Waals surface area contributed by atoms with E-state index in [0.29, 0.717) is 17.1 Å². The topological polar surface area (TPSA) is 121 Å². The number of hydrogen-bond donors (Lipinski definition) is 2. The van der Waals surface area contributed by atoms with Crippen LogP contribution in [0.25, 0.3) is 0 Å². The highest BCUT2D eigenvalue weighted by molar-refractivity contribution is 6.03. The van der Waals surface area contributed by atoms with Gasteiger partial charge in [-0.05, 0) is 59.2 Å². The zero-order chi connectivity index (χ0) is 33.7. The highest BCUT2D eigenvalue weighted by Gasteiger charge is 2.45. The summed E-state index contributed by atoms with van der Waals surface area (Å²) < 4.78 is 25.5. The lowest BCUT2D eigenvalue weighted by molar-refractivity contribution is -0.0947. The molecule has 10 heteroatoms. The second kappa shape index (κ2) is 14.2. The number of ether oxygens (including phenoxy) is 4. The zero-order valence-corrected chi connectivity index (χ0v) is 26.9. The van der Waals surface area contributed by atoms with Crippen molar-refractivity contribution in [1.82, 2.24) is 9.55 Å². The normalized spacial score (nSPS) is 19.1. The van der Waals surface area contributed by atoms with Crippen molar-refractivity contribution in [1.29, 1.82) is 0 Å². The molecule has 6 rings (SSSR count). The summed E-state index contributed by atoms with van der Waals surface area (Å²) in [6.07, 6.45) is -1.05. The molecule has 2 N–H and O–H groups in total. The Kier molecular flexibility index (Phi) is 9.67. The lowest BCUT2D eigenvalue weighted by Crippen LogP contribution is -2.38. The SMILES string of the molecule is COc1ccc(C(OC[C@H]2O[C@@H](n3ccc(NC(=O)c4ccccc4)nc3=O)[C@@H](C)[C@@H]2O)(c2ccccc2)c2ccc(OC)cc2)cc1. The molecule has 1 aromatic heterocycles. The molecule has 246 valence electrons. The molecule has 1 amide bonds. The van der Waals surface area contributed by atoms with E-state index in [1.165, 1.54) is 16.8 Å². The Labute approximate surface area is 278 Å². The summed E-state index contributed by atoms with van der Waals surface area (Å²) >= 11 is 0. The van der Waals surface area contributed by atoms with Gasteiger partial charge in [-0.3, -0.25) is 9.36 Å². The number of hydrogen-bond acceptors (Lipinski definition) is 8. The second-order valence-corrected chi connectivity index (χ2v) is 11.6. The Bertz CT molecular complexity index is 1830. The highest BCUT2D eigenvalue weighted by atomic mass is 16.6. The third-order valence-corrected chi connectivity index (χ3v) is 8.70. The van der Waals surface area contributed by atoms with Crippen LogP contribution >= 0.6 is 0 Å². The average molecular weight is 648 g/mol. The monoisotopic (exact) mass is 647 g/mol. The molecule has 0 aliphatic carbocycles. The van der Waals surface area contributed by atoms with Crippen LogP contribution in [0.3, 0.4) is 0 Å². The van der Waals surface area contributed by atoms with E-state index in [4.69, 9.17) is 18.9 Å². The van der Waals surface area contributed by atoms with Crippen molar-refractivity contribution in [2.45, 2.75) is 31.0 Å². The molecule has 10 nitrogen and oxygen atoms in total. The van der Waals surface area contributed by atoms with Gasteiger partial charge < -0.3 is 29.4 Å². The maximum Gasteiger partial charge on any atom is 0.351 e. The largest absolute Gasteiger partial charge is 0.497 e. The van der Waals surface area contributed by atoms with E-state index in [1.807, 2.05) is 91.9 Å². The van der Waals surface area contributed by atoms with Crippen molar-refractivity contribution in [3.8, 4) is 11.5 Å². The number of aromatic nitrogens is 2. The van der Waals surface area contributed by atoms with Crippen molar-refractivity contribution >= 4 is 11.7 Å². The quantitative estimate of drug-likeness (QED) is 0.183. The number of carbonyl (C=O) groups excluding carboxylic acids is 1. The molecular weight excluding hydrogens is 610 g/mol. The summed E-state index contributed by atoms with van der Waals surface area (Å²) in [7, 11) is 3.23. The van der Waals surface area contributed by atoms with E-state index in [2.05, 4.69) is 10.3 Å². The number of carbonyl (C=O) groups is 1. The summed E-state index contributed by atoms with van der Waals surface area (Å²) in [6, 6.07) is 35.4. The summed E-state index contributed by atoms with van der Waals surface area (Å²) in [5, 5.41) is 14.0. The average Bonchev–Trinajstić information content (AvgIpc) is 3.42. The fraction of sp³-hybridized carbons (Fsp3) is 0.237. The Morgan fingerprint density at radius 2 is 1.38 bits per heavy atom. The van der Waals surface area contributed by atoms with Gasteiger partial charge >= 0.3 is 5.69 Å². The van der Waals surface area contributed by atoms with Gasteiger partial charge in [0, 0.05) is 17.7 Å². The maximum absolute atomic E-state index is 13.2. The van der Waals surface area contributed by atoms with Gasteiger partial charge in [0.15, 0.2) is 0 Å². The fourth-order valence-corrected chi connectivity index (χ4v) is 6.08. The number of aliphatic hydroxyl groups is 1. The first kappa shape index (κ1) is 32.6. The van der Waals surface area contributed by atoms with E-state index in [0.717, 1.165) is 16.7 Å². The van der Waals surface area contributed by atoms with Crippen molar-refractivity contribution in [2.75, 3.05) is 26.1 Å². The molecule has 0 unspecified atom stereocenters. The summed E-state index contributed by atoms with van der Waals surface area (Å²) in [5.41, 5.74) is 1.25. The number of methoxy groups -OCH3 is 2. The molecule has 1 fully saturated rings. The molecule has 4 atom stereocenters. The van der Waals surface area contributed by atoms with Crippen molar-refractivity contribution in [3.05, 3.63) is 154 Å². The second-order valence-electron chi connectivity index (χ2n) is 11.6. The maximum atomic E-state index is 13.2. The fourth-order valence-electron chi connectivity index (χ4n) is 6.08. The van der Waals surface area contributed by atoms with E-state index < -0.39 is 35.6 Å². The number of rotatable bonds is 11. The van der Waals surface area contributed by atoms with E-state index in [-0.39, 0.29) is 18.3 Å². The molecule has 2 heterocycles. The first-order valence-corrected chi connectivity index (χ1v) is 15.6. The van der Waals surface area contributed by atoms with Crippen LogP contribution in [0.15, 0.2) is 126 Å². The van der Waals surface area contributed by atoms with Crippen molar-refractivity contribution in [2.24, 2.45) is 5.92 Å². The minimum atomic E-state index is -1.11. The first-order chi connectivity index (χ1) is 23.3. The Hall–Kier alpha value is -5.29. The van der Waals surface area contributed by atoms with E-state index in [9.17, 15) is 14.7 Å². The van der Waals surface area contributed by atoms with Gasteiger partial charge in [-0.1, -0.05) is 79.7 Å². The van der Waals surface area contributed by atoms with Crippen LogP contribution in [0.2, 0.25) is 0 Å². The Morgan fingerprint density at radius 1 is 0.833 bits per heavy atom. The minimum Gasteiger partial charge on any atom is -0.497 e. The molecule has 4 aromatic carbocycles. The van der Waals surface area contributed by atoms with Gasteiger partial charge in [0.2, 0.25) is 0 Å². The lowest BCUT2D eigenvalue weighted by Gasteiger charge is -2.37. The highest BCUT2D eigenvalue weighted by Crippen LogP contribution is 2.43. The van der Waals surface area contributed by atoms with Crippen LogP contribution < -0.4 is 20.5 Å². The van der Waals surface area contributed by atoms with Crippen LogP contribution in [-0.2, 0) is 15.1 Å². The van der Waals surface area contributed by atoms with Crippen LogP contribution in [0.4, 0.5) is 5.82 Å². The van der Waals surface area contributed by atoms with Crippen LogP contribution in [0, 0.1) is 5.92 Å². The van der Waals surface area contributed by atoms with Crippen LogP contribution in [0.5, 0.6) is 11.5 Å². The van der Waals surface area contributed by atoms with Gasteiger partial charge in [0.1, 0.15) is 35.2 Å². The molecule has 1 saturated heterocycles. The van der Waals surface area contributed by atoms with Gasteiger partial charge in [0.25, 0.3) is 5.91 Å². The standard InChI is InChI=1S/C38H37N3O7/c1-25-34(42)32(48-36(25)41-23-22-33(40-37(41)44)39-35(43)26-10-6-4-7-11-26)24-47-38(27-12-8-5-9-13-27,28-14-18-30(45-2)19-15-28)29-16-20-31(46-3)21-17-29/h4-23,25,32,34,36,42H,24H2,1-3H3,(H,39,40,43,44)/t25-,32+,34-,36+/m0/s1. The Morgan fingerprint density at radius 3 is 1.92 bits per heavy atom. The Balaban J connectivity index is 1.29. The molecular formula is C38H37N3O7. The van der Waals surface area contributed by atoms with Crippen molar-refractivity contribution in [3.63, 3.8) is 0 Å². The number of amides is 1. The smallest absolute Gasteiger partial charge is 0.351 e. The lowest BCUT2D eigenvalue weighted by atomic mass is 9.80. The van der Waals surface area contributed by atoms with Crippen molar-refractivity contribution < 1.29 is 28.8 Å². The molecule has 5 aromatic rings. The molecule has 0 saturated carbocycles. The minimum absolute atomic E-state index is 0.0116.